The van der Waals surface area contributed by atoms with Crippen LogP contribution in [0.15, 0.2) is 0 Å². The first-order chi connectivity index (χ1) is 6.55. The quantitative estimate of drug-likeness (QED) is 0.384. The second-order valence-corrected chi connectivity index (χ2v) is 4.48. The summed E-state index contributed by atoms with van der Waals surface area (Å²) >= 11 is 0. The number of aldehydes is 1. The Morgan fingerprint density at radius 1 is 1.50 bits per heavy atom. The lowest BCUT2D eigenvalue weighted by Crippen LogP contribution is -2.11. The van der Waals surface area contributed by atoms with E-state index in [-0.39, 0.29) is 23.2 Å². The van der Waals surface area contributed by atoms with Gasteiger partial charge in [-0.2, -0.15) is 0 Å². The van der Waals surface area contributed by atoms with Crippen molar-refractivity contribution in [2.24, 2.45) is 17.3 Å². The highest BCUT2D eigenvalue weighted by atomic mass is 16.5. The summed E-state index contributed by atoms with van der Waals surface area (Å²) in [5.41, 5.74) is -0.189. The minimum atomic E-state index is -0.211. The summed E-state index contributed by atoms with van der Waals surface area (Å²) in [4.78, 5) is 22.1. The Morgan fingerprint density at radius 3 is 2.57 bits per heavy atom. The maximum absolute atomic E-state index is 11.5. The van der Waals surface area contributed by atoms with Crippen LogP contribution in [-0.4, -0.2) is 18.9 Å². The molecule has 0 heterocycles. The van der Waals surface area contributed by atoms with Crippen LogP contribution in [0.25, 0.3) is 0 Å². The molecule has 0 aliphatic heterocycles. The molecule has 0 unspecified atom stereocenters. The minimum absolute atomic E-state index is 0.142. The summed E-state index contributed by atoms with van der Waals surface area (Å²) in [6.45, 7) is 6.38. The van der Waals surface area contributed by atoms with E-state index in [0.29, 0.717) is 6.61 Å². The van der Waals surface area contributed by atoms with E-state index in [2.05, 4.69) is 0 Å². The summed E-state index contributed by atoms with van der Waals surface area (Å²) in [6.07, 6.45) is 2.77. The Balaban J connectivity index is 2.37. The number of hydrogen-bond donors (Lipinski definition) is 0. The fraction of sp³-hybridized carbons (Fsp3) is 0.818. The molecule has 3 nitrogen and oxygen atoms in total. The second kappa shape index (κ2) is 4.11. The van der Waals surface area contributed by atoms with E-state index >= 15 is 0 Å². The molecule has 1 rings (SSSR count). The molecule has 0 radical (unpaired) electrons. The van der Waals surface area contributed by atoms with Gasteiger partial charge in [0.05, 0.1) is 12.5 Å². The van der Waals surface area contributed by atoms with Crippen molar-refractivity contribution in [3.05, 3.63) is 0 Å². The van der Waals surface area contributed by atoms with Gasteiger partial charge in [-0.15, -0.1) is 0 Å². The van der Waals surface area contributed by atoms with Crippen molar-refractivity contribution in [3.8, 4) is 0 Å². The predicted octanol–water partition coefficient (Wildman–Crippen LogP) is 1.80. The predicted molar refractivity (Wildman–Crippen MR) is 52.7 cm³/mol. The first-order valence-electron chi connectivity index (χ1n) is 5.17. The molecule has 0 amide bonds. The third kappa shape index (κ3) is 1.97. The third-order valence-electron chi connectivity index (χ3n) is 3.05. The molecular weight excluding hydrogens is 180 g/mol. The summed E-state index contributed by atoms with van der Waals surface area (Å²) in [6, 6.07) is 0. The van der Waals surface area contributed by atoms with Crippen molar-refractivity contribution in [3.63, 3.8) is 0 Å². The molecule has 80 valence electrons. The van der Waals surface area contributed by atoms with Crippen molar-refractivity contribution in [1.82, 2.24) is 0 Å². The Bertz CT molecular complexity index is 233. The first-order valence-corrected chi connectivity index (χ1v) is 5.17. The molecule has 0 aromatic rings. The molecule has 0 aromatic carbocycles. The van der Waals surface area contributed by atoms with E-state index in [1.807, 2.05) is 20.8 Å². The fourth-order valence-corrected chi connectivity index (χ4v) is 1.79. The van der Waals surface area contributed by atoms with Crippen LogP contribution in [0.4, 0.5) is 0 Å². The van der Waals surface area contributed by atoms with Gasteiger partial charge in [-0.3, -0.25) is 4.79 Å². The highest BCUT2D eigenvalue weighted by Crippen LogP contribution is 2.57. The fourth-order valence-electron chi connectivity index (χ4n) is 1.79. The zero-order valence-electron chi connectivity index (χ0n) is 9.08. The molecule has 2 atom stereocenters. The van der Waals surface area contributed by atoms with Gasteiger partial charge < -0.3 is 9.53 Å². The van der Waals surface area contributed by atoms with Crippen molar-refractivity contribution in [2.75, 3.05) is 6.61 Å². The van der Waals surface area contributed by atoms with Gasteiger partial charge in [0.1, 0.15) is 6.29 Å². The SMILES string of the molecule is CCCCOC(=O)[C@@H]1[C@@H](C=O)C1(C)C. The van der Waals surface area contributed by atoms with Crippen molar-refractivity contribution >= 4 is 12.3 Å². The van der Waals surface area contributed by atoms with Gasteiger partial charge in [0.25, 0.3) is 0 Å². The molecule has 1 aliphatic rings. The monoisotopic (exact) mass is 198 g/mol. The van der Waals surface area contributed by atoms with Gasteiger partial charge in [-0.05, 0) is 11.8 Å². The van der Waals surface area contributed by atoms with E-state index in [1.54, 1.807) is 0 Å². The van der Waals surface area contributed by atoms with Gasteiger partial charge in [0, 0.05) is 5.92 Å². The summed E-state index contributed by atoms with van der Waals surface area (Å²) < 4.78 is 5.08. The number of esters is 1. The van der Waals surface area contributed by atoms with E-state index in [1.165, 1.54) is 0 Å². The highest BCUT2D eigenvalue weighted by Gasteiger charge is 2.62. The van der Waals surface area contributed by atoms with Crippen LogP contribution in [0.5, 0.6) is 0 Å². The average Bonchev–Trinajstić information content (AvgIpc) is 2.68. The van der Waals surface area contributed by atoms with E-state index in [0.717, 1.165) is 19.1 Å². The topological polar surface area (TPSA) is 43.4 Å². The Kier molecular flexibility index (Phi) is 3.29. The zero-order chi connectivity index (χ0) is 10.8. The Hall–Kier alpha value is -0.860. The van der Waals surface area contributed by atoms with Crippen LogP contribution in [0.2, 0.25) is 0 Å². The maximum atomic E-state index is 11.5. The molecule has 0 aromatic heterocycles. The molecule has 1 fully saturated rings. The molecule has 0 spiro atoms. The number of carbonyl (C=O) groups excluding carboxylic acids is 2. The summed E-state index contributed by atoms with van der Waals surface area (Å²) in [5, 5.41) is 0. The van der Waals surface area contributed by atoms with Crippen LogP contribution < -0.4 is 0 Å². The molecule has 0 saturated heterocycles. The van der Waals surface area contributed by atoms with Gasteiger partial charge in [-0.25, -0.2) is 0 Å². The molecule has 14 heavy (non-hydrogen) atoms. The number of unbranched alkanes of at least 4 members (excludes halogenated alkanes) is 1. The van der Waals surface area contributed by atoms with Crippen LogP contribution in [0.1, 0.15) is 33.6 Å². The van der Waals surface area contributed by atoms with Gasteiger partial charge >= 0.3 is 5.97 Å². The lowest BCUT2D eigenvalue weighted by molar-refractivity contribution is -0.146. The number of ether oxygens (including phenoxy) is 1. The van der Waals surface area contributed by atoms with Crippen LogP contribution >= 0.6 is 0 Å². The van der Waals surface area contributed by atoms with E-state index in [4.69, 9.17) is 4.74 Å². The van der Waals surface area contributed by atoms with Crippen LogP contribution in [0, 0.1) is 17.3 Å². The molecule has 0 N–H and O–H groups in total. The number of rotatable bonds is 5. The zero-order valence-corrected chi connectivity index (χ0v) is 9.08. The van der Waals surface area contributed by atoms with Gasteiger partial charge in [0.2, 0.25) is 0 Å². The van der Waals surface area contributed by atoms with Crippen molar-refractivity contribution in [1.29, 1.82) is 0 Å². The smallest absolute Gasteiger partial charge is 0.310 e. The molecule has 1 aliphatic carbocycles. The molecule has 3 heteroatoms. The van der Waals surface area contributed by atoms with Crippen LogP contribution in [0.3, 0.4) is 0 Å². The third-order valence-corrected chi connectivity index (χ3v) is 3.05. The number of carbonyl (C=O) groups is 2. The first kappa shape index (κ1) is 11.2. The standard InChI is InChI=1S/C11H18O3/c1-4-5-6-14-10(13)9-8(7-12)11(9,2)3/h7-9H,4-6H2,1-3H3/t8-,9+/m1/s1. The van der Waals surface area contributed by atoms with Crippen molar-refractivity contribution in [2.45, 2.75) is 33.6 Å². The summed E-state index contributed by atoms with van der Waals surface area (Å²) in [5.74, 6) is -0.561. The Labute approximate surface area is 84.8 Å². The van der Waals surface area contributed by atoms with Gasteiger partial charge in [0.15, 0.2) is 0 Å². The average molecular weight is 198 g/mol. The van der Waals surface area contributed by atoms with E-state index in [9.17, 15) is 9.59 Å². The number of hydrogen-bond acceptors (Lipinski definition) is 3. The lowest BCUT2D eigenvalue weighted by Gasteiger charge is -2.04. The lowest BCUT2D eigenvalue weighted by atomic mass is 10.1. The molecule has 0 bridgehead atoms. The Morgan fingerprint density at radius 2 is 2.14 bits per heavy atom. The maximum Gasteiger partial charge on any atom is 0.310 e. The van der Waals surface area contributed by atoms with Gasteiger partial charge in [-0.1, -0.05) is 27.2 Å². The minimum Gasteiger partial charge on any atom is -0.465 e. The largest absolute Gasteiger partial charge is 0.465 e. The van der Waals surface area contributed by atoms with Crippen LogP contribution in [-0.2, 0) is 14.3 Å². The second-order valence-electron chi connectivity index (χ2n) is 4.48. The normalized spacial score (nSPS) is 28.2. The molecular formula is C11H18O3. The van der Waals surface area contributed by atoms with E-state index < -0.39 is 0 Å². The molecule has 1 saturated carbocycles. The highest BCUT2D eigenvalue weighted by molar-refractivity contribution is 5.84. The van der Waals surface area contributed by atoms with Crippen molar-refractivity contribution < 1.29 is 14.3 Å². The summed E-state index contributed by atoms with van der Waals surface area (Å²) in [7, 11) is 0.